The number of carbonyl (C=O) groups is 4. The highest BCUT2D eigenvalue weighted by atomic mass is 35.5. The molecule has 25 heavy (non-hydrogen) atoms. The van der Waals surface area contributed by atoms with Gasteiger partial charge in [-0.3, -0.25) is 19.3 Å². The van der Waals surface area contributed by atoms with Gasteiger partial charge >= 0.3 is 17.8 Å². The molecule has 2 aliphatic rings. The summed E-state index contributed by atoms with van der Waals surface area (Å²) < 4.78 is 0. The van der Waals surface area contributed by atoms with E-state index in [1.807, 2.05) is 0 Å². The molecule has 10 heteroatoms. The van der Waals surface area contributed by atoms with Gasteiger partial charge in [-0.05, 0) is 13.0 Å². The van der Waals surface area contributed by atoms with Gasteiger partial charge < -0.3 is 15.5 Å². The summed E-state index contributed by atoms with van der Waals surface area (Å²) in [5.74, 6) is -2.35. The first kappa shape index (κ1) is 21.1. The first-order chi connectivity index (χ1) is 11.5. The topological polar surface area (TPSA) is 102 Å². The van der Waals surface area contributed by atoms with Gasteiger partial charge in [0, 0.05) is 39.3 Å². The van der Waals surface area contributed by atoms with Crippen molar-refractivity contribution in [3.8, 4) is 0 Å². The molecule has 0 aliphatic carbocycles. The van der Waals surface area contributed by atoms with E-state index in [4.69, 9.17) is 0 Å². The fourth-order valence-electron chi connectivity index (χ4n) is 2.64. The summed E-state index contributed by atoms with van der Waals surface area (Å²) in [7, 11) is 0. The average Bonchev–Trinajstić information content (AvgIpc) is 2.78. The number of hydrogen-bond acceptors (Lipinski definition) is 6. The van der Waals surface area contributed by atoms with Crippen molar-refractivity contribution >= 4 is 36.2 Å². The summed E-state index contributed by atoms with van der Waals surface area (Å²) in [5, 5.41) is 5.94. The van der Waals surface area contributed by atoms with Crippen LogP contribution in [0.15, 0.2) is 12.7 Å². The van der Waals surface area contributed by atoms with Crippen LogP contribution in [0, 0.1) is 0 Å². The fraction of sp³-hybridized carbons (Fsp3) is 0.600. The molecule has 0 saturated carbocycles. The molecular formula is C15H24ClN5O4. The molecule has 2 N–H and O–H groups in total. The van der Waals surface area contributed by atoms with Crippen molar-refractivity contribution in [2.45, 2.75) is 6.42 Å². The number of piperazine rings is 1. The number of urea groups is 1. The number of carbonyl (C=O) groups excluding carboxylic acids is 4. The zero-order chi connectivity index (χ0) is 17.5. The van der Waals surface area contributed by atoms with Crippen LogP contribution in [0.5, 0.6) is 0 Å². The molecule has 9 nitrogen and oxygen atoms in total. The Labute approximate surface area is 152 Å². The maximum atomic E-state index is 12.0. The van der Waals surface area contributed by atoms with Crippen LogP contribution in [0.1, 0.15) is 6.42 Å². The Kier molecular flexibility index (Phi) is 8.53. The summed E-state index contributed by atoms with van der Waals surface area (Å²) >= 11 is 0. The highest BCUT2D eigenvalue weighted by Gasteiger charge is 2.44. The zero-order valence-electron chi connectivity index (χ0n) is 14.0. The molecule has 0 radical (unpaired) electrons. The lowest BCUT2D eigenvalue weighted by atomic mass is 10.3. The molecule has 2 rings (SSSR count). The van der Waals surface area contributed by atoms with Crippen molar-refractivity contribution in [2.24, 2.45) is 0 Å². The lowest BCUT2D eigenvalue weighted by Gasteiger charge is -2.27. The minimum absolute atomic E-state index is 0. The second kappa shape index (κ2) is 10.1. The van der Waals surface area contributed by atoms with E-state index in [1.165, 1.54) is 6.08 Å². The van der Waals surface area contributed by atoms with Crippen molar-refractivity contribution in [1.29, 1.82) is 0 Å². The Balaban J connectivity index is 0.00000312. The number of nitrogens with one attached hydrogen (secondary N) is 2. The first-order valence-corrected chi connectivity index (χ1v) is 8.02. The van der Waals surface area contributed by atoms with E-state index in [1.54, 1.807) is 0 Å². The third-order valence-corrected chi connectivity index (χ3v) is 3.93. The van der Waals surface area contributed by atoms with Crippen LogP contribution >= 0.6 is 12.4 Å². The fourth-order valence-corrected chi connectivity index (χ4v) is 2.64. The first-order valence-electron chi connectivity index (χ1n) is 8.02. The van der Waals surface area contributed by atoms with Gasteiger partial charge in [0.05, 0.1) is 0 Å². The molecule has 2 aliphatic heterocycles. The van der Waals surface area contributed by atoms with E-state index in [0.29, 0.717) is 11.4 Å². The monoisotopic (exact) mass is 373 g/mol. The maximum absolute atomic E-state index is 12.0. The van der Waals surface area contributed by atoms with Crippen LogP contribution in [0.4, 0.5) is 4.79 Å². The maximum Gasteiger partial charge on any atom is 0.335 e. The third kappa shape index (κ3) is 5.52. The lowest BCUT2D eigenvalue weighted by Crippen LogP contribution is -2.45. The smallest absolute Gasteiger partial charge is 0.335 e. The van der Waals surface area contributed by atoms with E-state index in [0.717, 1.165) is 44.0 Å². The second-order valence-electron chi connectivity index (χ2n) is 5.67. The predicted octanol–water partition coefficient (Wildman–Crippen LogP) is -1.20. The highest BCUT2D eigenvalue weighted by molar-refractivity contribution is 6.45. The summed E-state index contributed by atoms with van der Waals surface area (Å²) in [6.07, 6.45) is 2.14. The standard InChI is InChI=1S/C15H23N5O4.ClH/c1-2-7-19-13(22)14(23)20(15(19)24)11-12(21)17-4-3-8-18-9-5-16-6-10-18;/h2,16H,1,3-11H2,(H,17,21);1H. The summed E-state index contributed by atoms with van der Waals surface area (Å²) in [6.45, 7) is 8.22. The van der Waals surface area contributed by atoms with Gasteiger partial charge in [-0.15, -0.1) is 19.0 Å². The third-order valence-electron chi connectivity index (χ3n) is 3.93. The van der Waals surface area contributed by atoms with E-state index in [9.17, 15) is 19.2 Å². The number of halogens is 1. The van der Waals surface area contributed by atoms with Gasteiger partial charge in [0.2, 0.25) is 5.91 Å². The number of nitrogens with zero attached hydrogens (tertiary/aromatic N) is 3. The highest BCUT2D eigenvalue weighted by Crippen LogP contribution is 2.11. The van der Waals surface area contributed by atoms with Gasteiger partial charge in [-0.25, -0.2) is 9.69 Å². The molecule has 5 amide bonds. The molecule has 0 spiro atoms. The van der Waals surface area contributed by atoms with Crippen LogP contribution in [-0.4, -0.2) is 90.8 Å². The molecule has 0 bridgehead atoms. The van der Waals surface area contributed by atoms with E-state index < -0.39 is 30.3 Å². The summed E-state index contributed by atoms with van der Waals surface area (Å²) in [6, 6.07) is -0.777. The molecule has 0 aromatic heterocycles. The molecule has 2 heterocycles. The SMILES string of the molecule is C=CCN1C(=O)C(=O)N(CC(=O)NCCCN2CCNCC2)C1=O.Cl. The number of imide groups is 2. The average molecular weight is 374 g/mol. The molecule has 2 fully saturated rings. The van der Waals surface area contributed by atoms with Gasteiger partial charge in [-0.2, -0.15) is 0 Å². The molecular weight excluding hydrogens is 350 g/mol. The molecule has 0 unspecified atom stereocenters. The Bertz CT molecular complexity index is 536. The molecule has 2 saturated heterocycles. The Hall–Kier alpha value is -1.97. The lowest BCUT2D eigenvalue weighted by molar-refractivity contribution is -0.143. The quantitative estimate of drug-likeness (QED) is 0.240. The normalized spacial score (nSPS) is 18.3. The summed E-state index contributed by atoms with van der Waals surface area (Å²) in [4.78, 5) is 51.0. The van der Waals surface area contributed by atoms with Crippen LogP contribution in [0.25, 0.3) is 0 Å². The molecule has 140 valence electrons. The summed E-state index contributed by atoms with van der Waals surface area (Å²) in [5.41, 5.74) is 0. The number of amides is 5. The van der Waals surface area contributed by atoms with Gasteiger partial charge in [0.1, 0.15) is 6.54 Å². The number of hydrogen-bond donors (Lipinski definition) is 2. The van der Waals surface area contributed by atoms with Crippen LogP contribution in [0.2, 0.25) is 0 Å². The second-order valence-corrected chi connectivity index (χ2v) is 5.67. The van der Waals surface area contributed by atoms with Crippen molar-refractivity contribution in [3.05, 3.63) is 12.7 Å². The van der Waals surface area contributed by atoms with Crippen LogP contribution in [0.3, 0.4) is 0 Å². The Morgan fingerprint density at radius 3 is 2.44 bits per heavy atom. The van der Waals surface area contributed by atoms with Crippen molar-refractivity contribution < 1.29 is 19.2 Å². The molecule has 0 aromatic carbocycles. The zero-order valence-corrected chi connectivity index (χ0v) is 14.8. The Morgan fingerprint density at radius 2 is 1.80 bits per heavy atom. The van der Waals surface area contributed by atoms with Crippen molar-refractivity contribution in [2.75, 3.05) is 52.4 Å². The van der Waals surface area contributed by atoms with E-state index in [-0.39, 0.29) is 19.0 Å². The predicted molar refractivity (Wildman–Crippen MR) is 93.2 cm³/mol. The van der Waals surface area contributed by atoms with E-state index >= 15 is 0 Å². The Morgan fingerprint density at radius 1 is 1.16 bits per heavy atom. The van der Waals surface area contributed by atoms with Gasteiger partial charge in [0.25, 0.3) is 0 Å². The van der Waals surface area contributed by atoms with Crippen molar-refractivity contribution in [3.63, 3.8) is 0 Å². The van der Waals surface area contributed by atoms with Gasteiger partial charge in [0.15, 0.2) is 0 Å². The molecule has 0 atom stereocenters. The number of rotatable bonds is 8. The van der Waals surface area contributed by atoms with Gasteiger partial charge in [-0.1, -0.05) is 6.08 Å². The van der Waals surface area contributed by atoms with Crippen LogP contribution < -0.4 is 10.6 Å². The van der Waals surface area contributed by atoms with Crippen molar-refractivity contribution in [1.82, 2.24) is 25.3 Å². The van der Waals surface area contributed by atoms with Crippen LogP contribution in [-0.2, 0) is 14.4 Å². The van der Waals surface area contributed by atoms with E-state index in [2.05, 4.69) is 22.1 Å². The molecule has 0 aromatic rings. The minimum atomic E-state index is -0.974. The largest absolute Gasteiger partial charge is 0.354 e. The minimum Gasteiger partial charge on any atom is -0.354 e.